The standard InChI is InChI=1S/C19H22ClF3N2OS/c1-10(27-18-6-11-2-12(7-18)4-13(3-11)8-18)17(26)25-16-15(20)5-14(9-24-16)19(21,22)23/h5,9-13H,2-4,6-8H2,1H3,(H,24,25,26)/t10-,11?,12?,13?,18?/m0/s1. The first-order valence-corrected chi connectivity index (χ1v) is 10.6. The fraction of sp³-hybridized carbons (Fsp3) is 0.684. The van der Waals surface area contributed by atoms with Gasteiger partial charge in [0.2, 0.25) is 5.91 Å². The number of aromatic nitrogens is 1. The van der Waals surface area contributed by atoms with Gasteiger partial charge in [0.1, 0.15) is 0 Å². The molecule has 0 unspecified atom stereocenters. The molecule has 4 bridgehead atoms. The second-order valence-electron chi connectivity index (χ2n) is 8.40. The highest BCUT2D eigenvalue weighted by Crippen LogP contribution is 2.61. The molecule has 4 saturated carbocycles. The molecule has 1 atom stereocenters. The number of hydrogen-bond acceptors (Lipinski definition) is 3. The second-order valence-corrected chi connectivity index (χ2v) is 10.6. The van der Waals surface area contributed by atoms with Crippen molar-refractivity contribution < 1.29 is 18.0 Å². The Morgan fingerprint density at radius 1 is 1.26 bits per heavy atom. The number of amides is 1. The molecule has 0 aromatic carbocycles. The minimum absolute atomic E-state index is 0.0207. The number of nitrogens with zero attached hydrogens (tertiary/aromatic N) is 1. The molecule has 0 saturated heterocycles. The summed E-state index contributed by atoms with van der Waals surface area (Å²) in [7, 11) is 0. The van der Waals surface area contributed by atoms with Crippen molar-refractivity contribution in [1.29, 1.82) is 0 Å². The van der Waals surface area contributed by atoms with Crippen molar-refractivity contribution >= 4 is 35.1 Å². The van der Waals surface area contributed by atoms with Crippen molar-refractivity contribution in [2.75, 3.05) is 5.32 Å². The highest BCUT2D eigenvalue weighted by atomic mass is 35.5. The predicted molar refractivity (Wildman–Crippen MR) is 101 cm³/mol. The Kier molecular flexibility index (Phi) is 4.90. The summed E-state index contributed by atoms with van der Waals surface area (Å²) in [5.41, 5.74) is -0.929. The van der Waals surface area contributed by atoms with Gasteiger partial charge in [0.05, 0.1) is 15.8 Å². The van der Waals surface area contributed by atoms with Crippen molar-refractivity contribution in [1.82, 2.24) is 4.98 Å². The number of pyridine rings is 1. The van der Waals surface area contributed by atoms with Crippen LogP contribution in [-0.2, 0) is 11.0 Å². The summed E-state index contributed by atoms with van der Waals surface area (Å²) < 4.78 is 38.3. The summed E-state index contributed by atoms with van der Waals surface area (Å²) in [6.07, 6.45) is 3.74. The summed E-state index contributed by atoms with van der Waals surface area (Å²) >= 11 is 7.63. The third-order valence-electron chi connectivity index (χ3n) is 6.19. The van der Waals surface area contributed by atoms with E-state index in [1.165, 1.54) is 38.5 Å². The van der Waals surface area contributed by atoms with E-state index in [0.717, 1.165) is 23.8 Å². The van der Waals surface area contributed by atoms with Gasteiger partial charge >= 0.3 is 6.18 Å². The molecule has 1 heterocycles. The lowest BCUT2D eigenvalue weighted by Gasteiger charge is -2.57. The molecule has 27 heavy (non-hydrogen) atoms. The van der Waals surface area contributed by atoms with Gasteiger partial charge in [0, 0.05) is 10.9 Å². The van der Waals surface area contributed by atoms with Crippen LogP contribution in [0, 0.1) is 17.8 Å². The Morgan fingerprint density at radius 2 is 1.81 bits per heavy atom. The lowest BCUT2D eigenvalue weighted by molar-refractivity contribution is -0.137. The van der Waals surface area contributed by atoms with Crippen LogP contribution in [0.2, 0.25) is 5.02 Å². The highest BCUT2D eigenvalue weighted by molar-refractivity contribution is 8.01. The number of thioether (sulfide) groups is 1. The fourth-order valence-electron chi connectivity index (χ4n) is 5.51. The number of carbonyl (C=O) groups is 1. The van der Waals surface area contributed by atoms with Crippen molar-refractivity contribution in [3.8, 4) is 0 Å². The monoisotopic (exact) mass is 418 g/mol. The van der Waals surface area contributed by atoms with E-state index in [9.17, 15) is 18.0 Å². The lowest BCUT2D eigenvalue weighted by Crippen LogP contribution is -2.49. The molecule has 1 aromatic rings. The Morgan fingerprint density at radius 3 is 2.30 bits per heavy atom. The van der Waals surface area contributed by atoms with E-state index in [2.05, 4.69) is 10.3 Å². The smallest absolute Gasteiger partial charge is 0.308 e. The summed E-state index contributed by atoms with van der Waals surface area (Å²) in [4.78, 5) is 16.3. The van der Waals surface area contributed by atoms with E-state index in [1.807, 2.05) is 6.92 Å². The van der Waals surface area contributed by atoms with Crippen LogP contribution in [0.5, 0.6) is 0 Å². The van der Waals surface area contributed by atoms with Crippen LogP contribution in [0.3, 0.4) is 0 Å². The molecule has 0 spiro atoms. The summed E-state index contributed by atoms with van der Waals surface area (Å²) in [5.74, 6) is 2.11. The zero-order chi connectivity index (χ0) is 19.4. The van der Waals surface area contributed by atoms with Gasteiger partial charge in [-0.3, -0.25) is 4.79 Å². The second kappa shape index (κ2) is 6.83. The number of anilines is 1. The van der Waals surface area contributed by atoms with Crippen molar-refractivity contribution in [3.63, 3.8) is 0 Å². The first-order chi connectivity index (χ1) is 12.6. The van der Waals surface area contributed by atoms with Crippen molar-refractivity contribution in [3.05, 3.63) is 22.8 Å². The normalized spacial score (nSPS) is 33.1. The summed E-state index contributed by atoms with van der Waals surface area (Å²) in [6, 6.07) is 0.793. The Balaban J connectivity index is 1.41. The molecule has 8 heteroatoms. The average molecular weight is 419 g/mol. The molecule has 1 aromatic heterocycles. The fourth-order valence-corrected chi connectivity index (χ4v) is 7.63. The molecule has 4 fully saturated rings. The highest BCUT2D eigenvalue weighted by Gasteiger charge is 2.52. The SMILES string of the molecule is C[C@H](SC12CC3CC(CC(C3)C1)C2)C(=O)Nc1ncc(C(F)(F)F)cc1Cl. The maximum atomic E-state index is 12.7. The molecular formula is C19H22ClF3N2OS. The Labute approximate surface area is 165 Å². The van der Waals surface area contributed by atoms with E-state index in [1.54, 1.807) is 11.8 Å². The number of halogens is 4. The maximum absolute atomic E-state index is 12.7. The summed E-state index contributed by atoms with van der Waals surface area (Å²) in [5, 5.41) is 2.09. The van der Waals surface area contributed by atoms with Gasteiger partial charge in [-0.2, -0.15) is 13.2 Å². The predicted octanol–water partition coefficient (Wildman–Crippen LogP) is 5.78. The van der Waals surface area contributed by atoms with Crippen LogP contribution in [0.1, 0.15) is 51.0 Å². The lowest BCUT2D eigenvalue weighted by atomic mass is 9.56. The first-order valence-electron chi connectivity index (χ1n) is 9.35. The van der Waals surface area contributed by atoms with E-state index >= 15 is 0 Å². The molecule has 5 rings (SSSR count). The number of nitrogens with one attached hydrogen (secondary N) is 1. The number of rotatable bonds is 4. The van der Waals surface area contributed by atoms with Crippen LogP contribution in [0.4, 0.5) is 19.0 Å². The molecule has 4 aliphatic carbocycles. The number of carbonyl (C=O) groups excluding carboxylic acids is 1. The molecule has 148 valence electrons. The minimum atomic E-state index is -4.51. The van der Waals surface area contributed by atoms with Crippen LogP contribution in [0.15, 0.2) is 12.3 Å². The van der Waals surface area contributed by atoms with Crippen LogP contribution >= 0.6 is 23.4 Å². The molecular weight excluding hydrogens is 397 g/mol. The van der Waals surface area contributed by atoms with E-state index < -0.39 is 11.7 Å². The van der Waals surface area contributed by atoms with Crippen LogP contribution in [-0.4, -0.2) is 20.9 Å². The van der Waals surface area contributed by atoms with Crippen LogP contribution < -0.4 is 5.32 Å². The van der Waals surface area contributed by atoms with Gasteiger partial charge in [0.25, 0.3) is 0 Å². The molecule has 3 nitrogen and oxygen atoms in total. The van der Waals surface area contributed by atoms with Gasteiger partial charge in [-0.25, -0.2) is 4.98 Å². The van der Waals surface area contributed by atoms with Gasteiger partial charge in [0.15, 0.2) is 5.82 Å². The quantitative estimate of drug-likeness (QED) is 0.673. The molecule has 1 amide bonds. The Bertz CT molecular complexity index is 720. The van der Waals surface area contributed by atoms with Gasteiger partial charge in [-0.15, -0.1) is 11.8 Å². The molecule has 0 radical (unpaired) electrons. The van der Waals surface area contributed by atoms with Gasteiger partial charge in [-0.05, 0) is 69.3 Å². The zero-order valence-corrected chi connectivity index (χ0v) is 16.6. The minimum Gasteiger partial charge on any atom is -0.308 e. The molecule has 4 aliphatic rings. The number of hydrogen-bond donors (Lipinski definition) is 1. The zero-order valence-electron chi connectivity index (χ0n) is 15.0. The largest absolute Gasteiger partial charge is 0.417 e. The summed E-state index contributed by atoms with van der Waals surface area (Å²) in [6.45, 7) is 1.86. The van der Waals surface area contributed by atoms with Crippen LogP contribution in [0.25, 0.3) is 0 Å². The van der Waals surface area contributed by atoms with Crippen molar-refractivity contribution in [2.45, 2.75) is 61.6 Å². The third-order valence-corrected chi connectivity index (χ3v) is 8.04. The van der Waals surface area contributed by atoms with E-state index in [0.29, 0.717) is 6.20 Å². The van der Waals surface area contributed by atoms with Gasteiger partial charge in [-0.1, -0.05) is 11.6 Å². The third kappa shape index (κ3) is 3.95. The first kappa shape index (κ1) is 19.4. The average Bonchev–Trinajstić information content (AvgIpc) is 2.53. The van der Waals surface area contributed by atoms with E-state index in [-0.39, 0.29) is 26.7 Å². The topological polar surface area (TPSA) is 42.0 Å². The van der Waals surface area contributed by atoms with Crippen molar-refractivity contribution in [2.24, 2.45) is 17.8 Å². The van der Waals surface area contributed by atoms with Gasteiger partial charge < -0.3 is 5.32 Å². The Hall–Kier alpha value is -0.950. The number of alkyl halides is 3. The maximum Gasteiger partial charge on any atom is 0.417 e. The molecule has 0 aliphatic heterocycles. The molecule has 1 N–H and O–H groups in total. The van der Waals surface area contributed by atoms with E-state index in [4.69, 9.17) is 11.6 Å².